The van der Waals surface area contributed by atoms with E-state index in [1.54, 1.807) is 11.1 Å². The van der Waals surface area contributed by atoms with Gasteiger partial charge >= 0.3 is 0 Å². The van der Waals surface area contributed by atoms with E-state index in [4.69, 9.17) is 0 Å². The van der Waals surface area contributed by atoms with Crippen LogP contribution >= 0.6 is 0 Å². The number of hydrogen-bond donors (Lipinski definition) is 1. The predicted molar refractivity (Wildman–Crippen MR) is 196 cm³/mol. The molecule has 3 aromatic rings. The van der Waals surface area contributed by atoms with Crippen molar-refractivity contribution in [1.29, 1.82) is 0 Å². The number of anilines is 1. The Morgan fingerprint density at radius 2 is 1.54 bits per heavy atom. The number of amides is 2. The number of benzene rings is 2. The van der Waals surface area contributed by atoms with Gasteiger partial charge in [-0.2, -0.15) is 0 Å². The van der Waals surface area contributed by atoms with Gasteiger partial charge in [-0.25, -0.2) is 13.8 Å². The van der Waals surface area contributed by atoms with E-state index in [0.29, 0.717) is 30.8 Å². The Labute approximate surface area is 296 Å². The van der Waals surface area contributed by atoms with Crippen molar-refractivity contribution in [3.05, 3.63) is 100 Å². The molecule has 3 aliphatic rings. The number of nitrogens with one attached hydrogen (secondary N) is 1. The highest BCUT2D eigenvalue weighted by molar-refractivity contribution is 6.06. The molecule has 6 rings (SSSR count). The van der Waals surface area contributed by atoms with E-state index in [1.165, 1.54) is 57.1 Å². The number of carbonyl (C=O) groups is 2. The fourth-order valence-corrected chi connectivity index (χ4v) is 8.40. The molecule has 266 valence electrons. The lowest BCUT2D eigenvalue weighted by atomic mass is 9.79. The number of unbranched alkanes of at least 4 members (excludes halogenated alkanes) is 8. The summed E-state index contributed by atoms with van der Waals surface area (Å²) in [7, 11) is 0. The van der Waals surface area contributed by atoms with Gasteiger partial charge in [0.1, 0.15) is 17.5 Å². The molecule has 6 nitrogen and oxygen atoms in total. The van der Waals surface area contributed by atoms with E-state index in [1.807, 2.05) is 51.1 Å². The van der Waals surface area contributed by atoms with E-state index in [9.17, 15) is 18.4 Å². The first kappa shape index (κ1) is 35.9. The van der Waals surface area contributed by atoms with Crippen LogP contribution in [0, 0.1) is 11.6 Å². The van der Waals surface area contributed by atoms with Gasteiger partial charge in [0.05, 0.1) is 16.5 Å². The quantitative estimate of drug-likeness (QED) is 0.173. The van der Waals surface area contributed by atoms with E-state index in [0.717, 1.165) is 47.7 Å². The number of rotatable bonds is 14. The molecule has 1 N–H and O–H groups in total. The predicted octanol–water partition coefficient (Wildman–Crippen LogP) is 8.73. The normalized spacial score (nSPS) is 22.8. The van der Waals surface area contributed by atoms with Gasteiger partial charge in [0.15, 0.2) is 0 Å². The summed E-state index contributed by atoms with van der Waals surface area (Å²) >= 11 is 0. The second kappa shape index (κ2) is 14.7. The average molecular weight is 683 g/mol. The molecule has 1 aromatic heterocycles. The molecule has 0 unspecified atom stereocenters. The monoisotopic (exact) mass is 682 g/mol. The number of carbonyl (C=O) groups excluding carboxylic acids is 2. The van der Waals surface area contributed by atoms with Gasteiger partial charge in [-0.1, -0.05) is 94.7 Å². The molecule has 2 aliphatic heterocycles. The molecule has 1 aliphatic carbocycles. The summed E-state index contributed by atoms with van der Waals surface area (Å²) in [5.74, 6) is -0.723. The van der Waals surface area contributed by atoms with Crippen molar-refractivity contribution in [2.75, 3.05) is 25.0 Å². The SMILES string of the molecule is CCCCCCCCCCCN1C[C@@](C)(c2cc(F)cc(F)c2)N(C/C=C/c2ccc3c(c2)C[C@@]2(C3)C(=O)Nc3ncccc32)C(=O)C1(C)C. The molecular formula is C42H52F2N4O2. The third-order valence-electron chi connectivity index (χ3n) is 11.5. The Morgan fingerprint density at radius 1 is 0.860 bits per heavy atom. The molecule has 1 saturated heterocycles. The Hall–Kier alpha value is -3.91. The highest BCUT2D eigenvalue weighted by Gasteiger charge is 2.52. The highest BCUT2D eigenvalue weighted by Crippen LogP contribution is 2.47. The maximum absolute atomic E-state index is 14.6. The van der Waals surface area contributed by atoms with E-state index in [-0.39, 0.29) is 18.4 Å². The van der Waals surface area contributed by atoms with Crippen molar-refractivity contribution in [3.8, 4) is 0 Å². The van der Waals surface area contributed by atoms with E-state index in [2.05, 4.69) is 34.3 Å². The fourth-order valence-electron chi connectivity index (χ4n) is 8.40. The van der Waals surface area contributed by atoms with Gasteiger partial charge < -0.3 is 10.2 Å². The Kier molecular flexibility index (Phi) is 10.6. The summed E-state index contributed by atoms with van der Waals surface area (Å²) in [6, 6.07) is 13.7. The number of hydrogen-bond acceptors (Lipinski definition) is 4. The van der Waals surface area contributed by atoms with Gasteiger partial charge in [0.2, 0.25) is 11.8 Å². The van der Waals surface area contributed by atoms with Crippen molar-refractivity contribution < 1.29 is 18.4 Å². The third-order valence-corrected chi connectivity index (χ3v) is 11.5. The summed E-state index contributed by atoms with van der Waals surface area (Å²) in [5.41, 5.74) is 2.30. The van der Waals surface area contributed by atoms with Crippen molar-refractivity contribution in [1.82, 2.24) is 14.8 Å². The Balaban J connectivity index is 1.17. The van der Waals surface area contributed by atoms with Gasteiger partial charge in [0.25, 0.3) is 0 Å². The molecule has 2 atom stereocenters. The molecule has 0 saturated carbocycles. The van der Waals surface area contributed by atoms with Crippen LogP contribution in [-0.2, 0) is 33.4 Å². The van der Waals surface area contributed by atoms with Crippen molar-refractivity contribution in [2.45, 2.75) is 115 Å². The molecule has 0 bridgehead atoms. The van der Waals surface area contributed by atoms with Crippen LogP contribution in [0.5, 0.6) is 0 Å². The van der Waals surface area contributed by atoms with Crippen LogP contribution in [0.4, 0.5) is 14.6 Å². The molecule has 1 spiro atoms. The lowest BCUT2D eigenvalue weighted by Crippen LogP contribution is -2.70. The first-order valence-electron chi connectivity index (χ1n) is 18.6. The third kappa shape index (κ3) is 7.01. The number of aromatic nitrogens is 1. The minimum Gasteiger partial charge on any atom is -0.327 e. The van der Waals surface area contributed by atoms with Crippen LogP contribution in [0.25, 0.3) is 6.08 Å². The summed E-state index contributed by atoms with van der Waals surface area (Å²) < 4.78 is 29.3. The standard InChI is InChI=1S/C42H52F2N4O2/c1-5-6-7-8-9-10-11-12-13-21-47-29-41(4,33-24-34(43)26-35(44)25-33)48(39(50)40(47,2)3)22-15-16-30-18-19-31-27-42(28-32(31)23-30)36-17-14-20-45-37(36)46-38(42)49/h14-20,23-26H,5-13,21-22,27-29H2,1-4H3,(H,45,46,49)/b16-15+/t41-,42+/m0/s1. The molecule has 50 heavy (non-hydrogen) atoms. The van der Waals surface area contributed by atoms with E-state index >= 15 is 0 Å². The minimum atomic E-state index is -0.944. The van der Waals surface area contributed by atoms with Gasteiger partial charge in [-0.15, -0.1) is 0 Å². The Morgan fingerprint density at radius 3 is 2.26 bits per heavy atom. The number of nitrogens with zero attached hydrogens (tertiary/aromatic N) is 3. The number of halogens is 2. The van der Waals surface area contributed by atoms with Crippen LogP contribution in [0.3, 0.4) is 0 Å². The number of piperazine rings is 1. The highest BCUT2D eigenvalue weighted by atomic mass is 19.1. The first-order valence-corrected chi connectivity index (χ1v) is 18.6. The van der Waals surface area contributed by atoms with Gasteiger partial charge in [-0.05, 0) is 87.0 Å². The van der Waals surface area contributed by atoms with Crippen molar-refractivity contribution >= 4 is 23.7 Å². The van der Waals surface area contributed by atoms with Crippen LogP contribution in [0.15, 0.2) is 60.8 Å². The maximum atomic E-state index is 14.6. The van der Waals surface area contributed by atoms with Crippen molar-refractivity contribution in [2.24, 2.45) is 0 Å². The first-order chi connectivity index (χ1) is 24.0. The lowest BCUT2D eigenvalue weighted by Gasteiger charge is -2.55. The fraction of sp³-hybridized carbons (Fsp3) is 0.500. The largest absolute Gasteiger partial charge is 0.327 e. The van der Waals surface area contributed by atoms with Crippen LogP contribution < -0.4 is 5.32 Å². The summed E-state index contributed by atoms with van der Waals surface area (Å²) in [5, 5.41) is 2.97. The van der Waals surface area contributed by atoms with Crippen LogP contribution in [0.1, 0.15) is 113 Å². The maximum Gasteiger partial charge on any atom is 0.243 e. The molecule has 0 radical (unpaired) electrons. The molecular weight excluding hydrogens is 630 g/mol. The van der Waals surface area contributed by atoms with Crippen LogP contribution in [-0.4, -0.2) is 51.8 Å². The summed E-state index contributed by atoms with van der Waals surface area (Å²) in [4.78, 5) is 35.9. The zero-order chi connectivity index (χ0) is 35.5. The topological polar surface area (TPSA) is 65.5 Å². The zero-order valence-corrected chi connectivity index (χ0v) is 30.2. The molecule has 2 aromatic carbocycles. The lowest BCUT2D eigenvalue weighted by molar-refractivity contribution is -0.161. The summed E-state index contributed by atoms with van der Waals surface area (Å²) in [6.07, 6.45) is 17.8. The second-order valence-electron chi connectivity index (χ2n) is 15.4. The summed E-state index contributed by atoms with van der Waals surface area (Å²) in [6.45, 7) is 9.60. The van der Waals surface area contributed by atoms with Gasteiger partial charge in [0, 0.05) is 30.9 Å². The zero-order valence-electron chi connectivity index (χ0n) is 30.2. The number of fused-ring (bicyclic) bond motifs is 3. The molecule has 1 fully saturated rings. The van der Waals surface area contributed by atoms with Gasteiger partial charge in [-0.3, -0.25) is 14.5 Å². The Bertz CT molecular complexity index is 1730. The second-order valence-corrected chi connectivity index (χ2v) is 15.4. The van der Waals surface area contributed by atoms with E-state index < -0.39 is 28.1 Å². The molecule has 8 heteroatoms. The van der Waals surface area contributed by atoms with Crippen LogP contribution in [0.2, 0.25) is 0 Å². The minimum absolute atomic E-state index is 0.00867. The average Bonchev–Trinajstić information content (AvgIpc) is 3.60. The smallest absolute Gasteiger partial charge is 0.243 e. The molecule has 3 heterocycles. The van der Waals surface area contributed by atoms with Crippen molar-refractivity contribution in [3.63, 3.8) is 0 Å². The number of pyridine rings is 1. The molecule has 2 amide bonds.